The summed E-state index contributed by atoms with van der Waals surface area (Å²) in [5.74, 6) is 2.16. The molecule has 1 aliphatic rings. The van der Waals surface area contributed by atoms with Gasteiger partial charge in [-0.3, -0.25) is 0 Å². The molecule has 1 saturated carbocycles. The summed E-state index contributed by atoms with van der Waals surface area (Å²) in [6.45, 7) is 2.33. The maximum atomic E-state index is 6.39. The maximum absolute atomic E-state index is 6.39. The first-order valence-electron chi connectivity index (χ1n) is 6.71. The summed E-state index contributed by atoms with van der Waals surface area (Å²) in [4.78, 5) is 0. The number of hydrogen-bond acceptors (Lipinski definition) is 2. The zero-order chi connectivity index (χ0) is 13.1. The average Bonchev–Trinajstić information content (AvgIpc) is 2.39. The molecule has 2 nitrogen and oxygen atoms in total. The molecule has 2 rings (SSSR count). The van der Waals surface area contributed by atoms with Gasteiger partial charge in [-0.1, -0.05) is 37.4 Å². The second-order valence-corrected chi connectivity index (χ2v) is 5.85. The van der Waals surface area contributed by atoms with E-state index in [9.17, 15) is 0 Å². The summed E-state index contributed by atoms with van der Waals surface area (Å²) < 4.78 is 5.25. The lowest BCUT2D eigenvalue weighted by atomic mass is 9.77. The Morgan fingerprint density at radius 1 is 1.28 bits per heavy atom. The molecule has 0 aromatic heterocycles. The van der Waals surface area contributed by atoms with Crippen molar-refractivity contribution in [1.29, 1.82) is 0 Å². The van der Waals surface area contributed by atoms with Crippen molar-refractivity contribution in [1.82, 2.24) is 0 Å². The van der Waals surface area contributed by atoms with E-state index >= 15 is 0 Å². The van der Waals surface area contributed by atoms with Crippen LogP contribution in [0, 0.1) is 11.8 Å². The van der Waals surface area contributed by atoms with Crippen molar-refractivity contribution in [3.63, 3.8) is 0 Å². The van der Waals surface area contributed by atoms with Gasteiger partial charge in [-0.2, -0.15) is 0 Å². The molecule has 1 atom stereocenters. The van der Waals surface area contributed by atoms with Crippen LogP contribution in [0.1, 0.15) is 44.2 Å². The maximum Gasteiger partial charge on any atom is 0.137 e. The Labute approximate surface area is 114 Å². The molecule has 18 heavy (non-hydrogen) atoms. The van der Waals surface area contributed by atoms with Crippen LogP contribution in [0.4, 0.5) is 0 Å². The summed E-state index contributed by atoms with van der Waals surface area (Å²) >= 11 is 6.04. The average molecular weight is 268 g/mol. The molecule has 100 valence electrons. The predicted octanol–water partition coefficient (Wildman–Crippen LogP) is 4.17. The van der Waals surface area contributed by atoms with Crippen LogP contribution in [-0.4, -0.2) is 7.11 Å². The molecule has 1 aromatic carbocycles. The van der Waals surface area contributed by atoms with Crippen molar-refractivity contribution in [3.05, 3.63) is 28.8 Å². The van der Waals surface area contributed by atoms with E-state index in [1.165, 1.54) is 25.7 Å². The van der Waals surface area contributed by atoms with Gasteiger partial charge in [0.1, 0.15) is 5.75 Å². The number of halogens is 1. The molecule has 0 heterocycles. The molecule has 0 amide bonds. The number of benzene rings is 1. The van der Waals surface area contributed by atoms with Crippen molar-refractivity contribution in [3.8, 4) is 5.75 Å². The lowest BCUT2D eigenvalue weighted by Gasteiger charge is -2.31. The summed E-state index contributed by atoms with van der Waals surface area (Å²) in [5.41, 5.74) is 7.53. The highest BCUT2D eigenvalue weighted by molar-refractivity contribution is 6.32. The molecule has 0 radical (unpaired) electrons. The molecule has 0 spiro atoms. The van der Waals surface area contributed by atoms with Crippen LogP contribution < -0.4 is 10.5 Å². The second kappa shape index (κ2) is 5.94. The van der Waals surface area contributed by atoms with E-state index in [0.717, 1.165) is 11.5 Å². The highest BCUT2D eigenvalue weighted by atomic mass is 35.5. The van der Waals surface area contributed by atoms with Crippen LogP contribution in [0.15, 0.2) is 18.2 Å². The minimum absolute atomic E-state index is 0.101. The largest absolute Gasteiger partial charge is 0.495 e. The third kappa shape index (κ3) is 2.99. The van der Waals surface area contributed by atoms with Gasteiger partial charge in [-0.05, 0) is 42.4 Å². The van der Waals surface area contributed by atoms with Gasteiger partial charge in [-0.25, -0.2) is 0 Å². The van der Waals surface area contributed by atoms with Gasteiger partial charge in [0.05, 0.1) is 12.1 Å². The van der Waals surface area contributed by atoms with Crippen molar-refractivity contribution in [2.75, 3.05) is 7.11 Å². The molecule has 0 bridgehead atoms. The molecule has 1 aromatic rings. The monoisotopic (exact) mass is 267 g/mol. The zero-order valence-corrected chi connectivity index (χ0v) is 11.9. The van der Waals surface area contributed by atoms with Crippen LogP contribution in [0.5, 0.6) is 5.75 Å². The number of methoxy groups -OCH3 is 1. The minimum Gasteiger partial charge on any atom is -0.495 e. The summed E-state index contributed by atoms with van der Waals surface area (Å²) in [6, 6.07) is 5.98. The topological polar surface area (TPSA) is 35.2 Å². The lowest BCUT2D eigenvalue weighted by molar-refractivity contribution is 0.256. The van der Waals surface area contributed by atoms with Gasteiger partial charge in [-0.15, -0.1) is 0 Å². The lowest BCUT2D eigenvalue weighted by Crippen LogP contribution is -2.25. The molecule has 1 fully saturated rings. The minimum atomic E-state index is 0.101. The number of hydrogen-bond donors (Lipinski definition) is 1. The predicted molar refractivity (Wildman–Crippen MR) is 76.1 cm³/mol. The standard InChI is InChI=1S/C15H22ClNO/c1-10-3-5-11(6-4-10)15(17)12-7-8-13(16)14(9-12)18-2/h7-11,15H,3-6,17H2,1-2H3. The Balaban J connectivity index is 2.10. The fraction of sp³-hybridized carbons (Fsp3) is 0.600. The third-order valence-electron chi connectivity index (χ3n) is 4.13. The Morgan fingerprint density at radius 3 is 2.56 bits per heavy atom. The van der Waals surface area contributed by atoms with Crippen LogP contribution in [0.3, 0.4) is 0 Å². The first-order valence-corrected chi connectivity index (χ1v) is 7.08. The first kappa shape index (κ1) is 13.7. The molecule has 2 N–H and O–H groups in total. The van der Waals surface area contributed by atoms with E-state index in [1.54, 1.807) is 7.11 Å². The first-order chi connectivity index (χ1) is 8.61. The SMILES string of the molecule is COc1cc(C(N)C2CCC(C)CC2)ccc1Cl. The molecule has 1 unspecified atom stereocenters. The van der Waals surface area contributed by atoms with Crippen LogP contribution in [0.25, 0.3) is 0 Å². The fourth-order valence-electron chi connectivity index (χ4n) is 2.80. The Bertz CT molecular complexity index is 399. The summed E-state index contributed by atoms with van der Waals surface area (Å²) in [6.07, 6.45) is 5.05. The molecule has 0 saturated heterocycles. The molecule has 3 heteroatoms. The summed E-state index contributed by atoms with van der Waals surface area (Å²) in [7, 11) is 1.64. The molecular weight excluding hydrogens is 246 g/mol. The van der Waals surface area contributed by atoms with E-state index in [-0.39, 0.29) is 6.04 Å². The molecular formula is C15H22ClNO. The van der Waals surface area contributed by atoms with Crippen LogP contribution in [0.2, 0.25) is 5.02 Å². The van der Waals surface area contributed by atoms with Gasteiger partial charge in [0.2, 0.25) is 0 Å². The van der Waals surface area contributed by atoms with Gasteiger partial charge in [0.25, 0.3) is 0 Å². The van der Waals surface area contributed by atoms with Crippen LogP contribution >= 0.6 is 11.6 Å². The number of rotatable bonds is 3. The van der Waals surface area contributed by atoms with Crippen molar-refractivity contribution in [2.45, 2.75) is 38.6 Å². The van der Waals surface area contributed by atoms with Gasteiger partial charge >= 0.3 is 0 Å². The Morgan fingerprint density at radius 2 is 1.94 bits per heavy atom. The van der Waals surface area contributed by atoms with Crippen molar-refractivity contribution in [2.24, 2.45) is 17.6 Å². The number of ether oxygens (including phenoxy) is 1. The molecule has 0 aliphatic heterocycles. The smallest absolute Gasteiger partial charge is 0.137 e. The van der Waals surface area contributed by atoms with Crippen LogP contribution in [-0.2, 0) is 0 Å². The Kier molecular flexibility index (Phi) is 4.52. The van der Waals surface area contributed by atoms with E-state index < -0.39 is 0 Å². The molecule has 1 aliphatic carbocycles. The summed E-state index contributed by atoms with van der Waals surface area (Å²) in [5, 5.41) is 0.644. The van der Waals surface area contributed by atoms with E-state index in [4.69, 9.17) is 22.1 Å². The highest BCUT2D eigenvalue weighted by Crippen LogP contribution is 2.37. The zero-order valence-electron chi connectivity index (χ0n) is 11.2. The van der Waals surface area contributed by atoms with E-state index in [0.29, 0.717) is 16.7 Å². The van der Waals surface area contributed by atoms with Gasteiger partial charge in [0, 0.05) is 6.04 Å². The van der Waals surface area contributed by atoms with E-state index in [1.807, 2.05) is 18.2 Å². The Hall–Kier alpha value is -0.730. The fourth-order valence-corrected chi connectivity index (χ4v) is 3.00. The third-order valence-corrected chi connectivity index (χ3v) is 4.44. The number of nitrogens with two attached hydrogens (primary N) is 1. The van der Waals surface area contributed by atoms with Gasteiger partial charge in [0.15, 0.2) is 0 Å². The van der Waals surface area contributed by atoms with Gasteiger partial charge < -0.3 is 10.5 Å². The highest BCUT2D eigenvalue weighted by Gasteiger charge is 2.25. The van der Waals surface area contributed by atoms with E-state index in [2.05, 4.69) is 6.92 Å². The van der Waals surface area contributed by atoms with Crippen molar-refractivity contribution < 1.29 is 4.74 Å². The normalized spacial score (nSPS) is 25.8. The quantitative estimate of drug-likeness (QED) is 0.892. The second-order valence-electron chi connectivity index (χ2n) is 5.44. The van der Waals surface area contributed by atoms with Crippen molar-refractivity contribution >= 4 is 11.6 Å².